The number of benzene rings is 1. The number of nitrogens with two attached hydrogens (primary N) is 1. The van der Waals surface area contributed by atoms with Gasteiger partial charge in [-0.3, -0.25) is 4.98 Å². The molecule has 0 saturated carbocycles. The molecular formula is C13H17ClN2. The maximum atomic E-state index is 6.04. The molecule has 0 aliphatic heterocycles. The van der Waals surface area contributed by atoms with Gasteiger partial charge in [0.25, 0.3) is 0 Å². The van der Waals surface area contributed by atoms with E-state index in [-0.39, 0.29) is 0 Å². The number of fused-ring (bicyclic) bond motifs is 1. The number of nitrogen functional groups attached to an aromatic ring is 1. The van der Waals surface area contributed by atoms with Crippen LogP contribution in [0.3, 0.4) is 0 Å². The van der Waals surface area contributed by atoms with Crippen molar-refractivity contribution in [2.45, 2.75) is 27.2 Å². The van der Waals surface area contributed by atoms with Crippen LogP contribution in [0.2, 0.25) is 5.02 Å². The molecule has 2 N–H and O–H groups in total. The highest BCUT2D eigenvalue weighted by molar-refractivity contribution is 6.35. The Kier molecular flexibility index (Phi) is 4.56. The van der Waals surface area contributed by atoms with Gasteiger partial charge in [-0.05, 0) is 18.6 Å². The Hall–Kier alpha value is -1.28. The molecule has 0 fully saturated rings. The van der Waals surface area contributed by atoms with Crippen LogP contribution in [0.15, 0.2) is 24.3 Å². The summed E-state index contributed by atoms with van der Waals surface area (Å²) in [4.78, 5) is 4.44. The van der Waals surface area contributed by atoms with Gasteiger partial charge in [0.1, 0.15) is 0 Å². The van der Waals surface area contributed by atoms with Crippen molar-refractivity contribution in [2.24, 2.45) is 0 Å². The molecule has 0 amide bonds. The predicted molar refractivity (Wildman–Crippen MR) is 71.9 cm³/mol. The Balaban J connectivity index is 0.000000606. The number of halogens is 1. The molecule has 0 bridgehead atoms. The lowest BCUT2D eigenvalue weighted by molar-refractivity contribution is 1.06. The third kappa shape index (κ3) is 2.45. The van der Waals surface area contributed by atoms with E-state index in [1.54, 1.807) is 0 Å². The van der Waals surface area contributed by atoms with Crippen LogP contribution in [0.5, 0.6) is 0 Å². The highest BCUT2D eigenvalue weighted by Gasteiger charge is 2.04. The average Bonchev–Trinajstić information content (AvgIpc) is 2.33. The lowest BCUT2D eigenvalue weighted by Crippen LogP contribution is -1.94. The number of para-hydroxylation sites is 1. The SMILES string of the molecule is CC.CCc1cc(N)c2cccc(Cl)c2n1. The van der Waals surface area contributed by atoms with Crippen molar-refractivity contribution in [3.8, 4) is 0 Å². The number of aromatic nitrogens is 1. The molecule has 0 radical (unpaired) electrons. The lowest BCUT2D eigenvalue weighted by atomic mass is 10.1. The van der Waals surface area contributed by atoms with Crippen LogP contribution in [-0.2, 0) is 6.42 Å². The van der Waals surface area contributed by atoms with Gasteiger partial charge in [-0.2, -0.15) is 0 Å². The summed E-state index contributed by atoms with van der Waals surface area (Å²) in [5.41, 5.74) is 8.42. The molecule has 0 spiro atoms. The molecule has 0 atom stereocenters. The van der Waals surface area contributed by atoms with Crippen molar-refractivity contribution < 1.29 is 0 Å². The zero-order valence-electron chi connectivity index (χ0n) is 9.92. The van der Waals surface area contributed by atoms with E-state index in [9.17, 15) is 0 Å². The first-order chi connectivity index (χ1) is 7.72. The second kappa shape index (κ2) is 5.71. The van der Waals surface area contributed by atoms with Crippen molar-refractivity contribution in [3.63, 3.8) is 0 Å². The number of hydrogen-bond donors (Lipinski definition) is 1. The summed E-state index contributed by atoms with van der Waals surface area (Å²) >= 11 is 6.04. The maximum absolute atomic E-state index is 6.04. The topological polar surface area (TPSA) is 38.9 Å². The van der Waals surface area contributed by atoms with E-state index in [0.29, 0.717) is 5.02 Å². The summed E-state index contributed by atoms with van der Waals surface area (Å²) in [7, 11) is 0. The van der Waals surface area contributed by atoms with Crippen molar-refractivity contribution in [3.05, 3.63) is 35.0 Å². The molecule has 0 aliphatic rings. The van der Waals surface area contributed by atoms with Crippen LogP contribution in [0.25, 0.3) is 10.9 Å². The van der Waals surface area contributed by atoms with E-state index in [2.05, 4.69) is 4.98 Å². The van der Waals surface area contributed by atoms with Gasteiger partial charge in [0.05, 0.1) is 10.5 Å². The van der Waals surface area contributed by atoms with E-state index in [1.807, 2.05) is 45.0 Å². The van der Waals surface area contributed by atoms with Crippen molar-refractivity contribution in [1.29, 1.82) is 0 Å². The van der Waals surface area contributed by atoms with E-state index >= 15 is 0 Å². The summed E-state index contributed by atoms with van der Waals surface area (Å²) in [6.45, 7) is 6.05. The van der Waals surface area contributed by atoms with Crippen LogP contribution in [0.1, 0.15) is 26.5 Å². The first-order valence-electron chi connectivity index (χ1n) is 5.56. The fourth-order valence-electron chi connectivity index (χ4n) is 1.48. The Morgan fingerprint density at radius 2 is 2.00 bits per heavy atom. The first kappa shape index (κ1) is 12.8. The lowest BCUT2D eigenvalue weighted by Gasteiger charge is -2.05. The number of aryl methyl sites for hydroxylation is 1. The van der Waals surface area contributed by atoms with Gasteiger partial charge in [0.2, 0.25) is 0 Å². The van der Waals surface area contributed by atoms with Gasteiger partial charge in [0.15, 0.2) is 0 Å². The smallest absolute Gasteiger partial charge is 0.0912 e. The normalized spacial score (nSPS) is 9.75. The van der Waals surface area contributed by atoms with Crippen LogP contribution in [-0.4, -0.2) is 4.98 Å². The molecular weight excluding hydrogens is 220 g/mol. The number of anilines is 1. The molecule has 0 aliphatic carbocycles. The second-order valence-electron chi connectivity index (χ2n) is 3.19. The third-order valence-corrected chi connectivity index (χ3v) is 2.54. The fourth-order valence-corrected chi connectivity index (χ4v) is 1.69. The Labute approximate surface area is 101 Å². The Morgan fingerprint density at radius 1 is 1.31 bits per heavy atom. The van der Waals surface area contributed by atoms with Crippen LogP contribution in [0, 0.1) is 0 Å². The Bertz CT molecular complexity index is 481. The number of rotatable bonds is 1. The van der Waals surface area contributed by atoms with Crippen molar-refractivity contribution in [1.82, 2.24) is 4.98 Å². The number of nitrogens with zero attached hydrogens (tertiary/aromatic N) is 1. The predicted octanol–water partition coefficient (Wildman–Crippen LogP) is 4.06. The zero-order valence-corrected chi connectivity index (χ0v) is 10.7. The van der Waals surface area contributed by atoms with Gasteiger partial charge in [0, 0.05) is 16.8 Å². The second-order valence-corrected chi connectivity index (χ2v) is 3.60. The summed E-state index contributed by atoms with van der Waals surface area (Å²) in [5, 5.41) is 1.58. The highest BCUT2D eigenvalue weighted by atomic mass is 35.5. The largest absolute Gasteiger partial charge is 0.398 e. The summed E-state index contributed by atoms with van der Waals surface area (Å²) in [6.07, 6.45) is 0.866. The molecule has 0 unspecified atom stereocenters. The van der Waals surface area contributed by atoms with Gasteiger partial charge in [-0.15, -0.1) is 0 Å². The molecule has 1 heterocycles. The third-order valence-electron chi connectivity index (χ3n) is 2.24. The number of hydrogen-bond acceptors (Lipinski definition) is 2. The minimum atomic E-state index is 0.657. The minimum Gasteiger partial charge on any atom is -0.398 e. The Morgan fingerprint density at radius 3 is 2.62 bits per heavy atom. The standard InChI is InChI=1S/C11H11ClN2.C2H6/c1-2-7-6-10(13)8-4-3-5-9(12)11(8)14-7;1-2/h3-6H,2H2,1H3,(H2,13,14);1-2H3. The zero-order chi connectivity index (χ0) is 12.1. The summed E-state index contributed by atoms with van der Waals surface area (Å²) in [6, 6.07) is 7.55. The molecule has 3 heteroatoms. The maximum Gasteiger partial charge on any atom is 0.0912 e. The molecule has 1 aromatic heterocycles. The van der Waals surface area contributed by atoms with Crippen molar-refractivity contribution >= 4 is 28.2 Å². The molecule has 1 aromatic carbocycles. The van der Waals surface area contributed by atoms with E-state index in [0.717, 1.165) is 28.7 Å². The molecule has 16 heavy (non-hydrogen) atoms. The monoisotopic (exact) mass is 236 g/mol. The summed E-state index contributed by atoms with van der Waals surface area (Å²) < 4.78 is 0. The van der Waals surface area contributed by atoms with Crippen LogP contribution >= 0.6 is 11.6 Å². The van der Waals surface area contributed by atoms with Crippen LogP contribution < -0.4 is 5.73 Å². The van der Waals surface area contributed by atoms with Crippen molar-refractivity contribution in [2.75, 3.05) is 5.73 Å². The van der Waals surface area contributed by atoms with E-state index in [4.69, 9.17) is 17.3 Å². The number of pyridine rings is 1. The quantitative estimate of drug-likeness (QED) is 0.811. The van der Waals surface area contributed by atoms with Crippen LogP contribution in [0.4, 0.5) is 5.69 Å². The van der Waals surface area contributed by atoms with Gasteiger partial charge in [-0.1, -0.05) is 44.5 Å². The highest BCUT2D eigenvalue weighted by Crippen LogP contribution is 2.26. The van der Waals surface area contributed by atoms with Gasteiger partial charge < -0.3 is 5.73 Å². The molecule has 2 rings (SSSR count). The van der Waals surface area contributed by atoms with E-state index < -0.39 is 0 Å². The molecule has 86 valence electrons. The fraction of sp³-hybridized carbons (Fsp3) is 0.308. The molecule has 2 aromatic rings. The minimum absolute atomic E-state index is 0.657. The van der Waals surface area contributed by atoms with E-state index in [1.165, 1.54) is 0 Å². The molecule has 2 nitrogen and oxygen atoms in total. The van der Waals surface area contributed by atoms with Gasteiger partial charge in [-0.25, -0.2) is 0 Å². The van der Waals surface area contributed by atoms with Gasteiger partial charge >= 0.3 is 0 Å². The average molecular weight is 237 g/mol. The molecule has 0 saturated heterocycles. The first-order valence-corrected chi connectivity index (χ1v) is 5.93. The summed E-state index contributed by atoms with van der Waals surface area (Å²) in [5.74, 6) is 0.